The smallest absolute Gasteiger partial charge is 0.190 e. The molecule has 8 heteroatoms. The van der Waals surface area contributed by atoms with Crippen molar-refractivity contribution in [1.82, 2.24) is 29.1 Å². The molecule has 0 saturated heterocycles. The van der Waals surface area contributed by atoms with Crippen molar-refractivity contribution in [2.24, 2.45) is 4.99 Å². The number of ketones is 1. The lowest BCUT2D eigenvalue weighted by Gasteiger charge is -2.24. The fourth-order valence-corrected chi connectivity index (χ4v) is 4.29. The zero-order valence-electron chi connectivity index (χ0n) is 21.2. The van der Waals surface area contributed by atoms with E-state index in [0.717, 1.165) is 45.9 Å². The molecule has 4 rings (SSSR count). The summed E-state index contributed by atoms with van der Waals surface area (Å²) in [5.74, 6) is 3.44. The molecule has 3 aromatic rings. The minimum Gasteiger partial charge on any atom is -0.307 e. The first-order valence-electron chi connectivity index (χ1n) is 11.0. The second kappa shape index (κ2) is 7.90. The van der Waals surface area contributed by atoms with Crippen molar-refractivity contribution in [3.63, 3.8) is 0 Å². The van der Waals surface area contributed by atoms with Gasteiger partial charge in [0, 0.05) is 16.8 Å². The number of carbonyl (C=O) groups excluding carboxylic acids is 1. The molecule has 32 heavy (non-hydrogen) atoms. The van der Waals surface area contributed by atoms with E-state index >= 15 is 0 Å². The third-order valence-electron chi connectivity index (χ3n) is 5.30. The van der Waals surface area contributed by atoms with Gasteiger partial charge in [-0.3, -0.25) is 4.79 Å². The third-order valence-corrected chi connectivity index (χ3v) is 5.30. The Morgan fingerprint density at radius 3 is 1.88 bits per heavy atom. The molecule has 0 radical (unpaired) electrons. The Morgan fingerprint density at radius 1 is 0.750 bits per heavy atom. The Hall–Kier alpha value is -2.90. The van der Waals surface area contributed by atoms with Crippen LogP contribution < -0.4 is 0 Å². The SMILES string of the molecule is CC1=Nc2c(nc(C)n2C(C)(C)C)C(=O)C1.Cc1nc(C)c2nc(C)n(C(C)(C)C)c2n1. The van der Waals surface area contributed by atoms with Gasteiger partial charge in [0.2, 0.25) is 0 Å². The maximum absolute atomic E-state index is 11.8. The molecule has 0 spiro atoms. The van der Waals surface area contributed by atoms with Crippen LogP contribution in [0.4, 0.5) is 5.82 Å². The number of nitrogens with zero attached hydrogens (tertiary/aromatic N) is 7. The highest BCUT2D eigenvalue weighted by Crippen LogP contribution is 2.32. The highest BCUT2D eigenvalue weighted by molar-refractivity contribution is 6.13. The van der Waals surface area contributed by atoms with E-state index in [1.54, 1.807) is 0 Å². The first-order valence-corrected chi connectivity index (χ1v) is 11.0. The zero-order valence-corrected chi connectivity index (χ0v) is 21.2. The summed E-state index contributed by atoms with van der Waals surface area (Å²) in [6.45, 7) is 22.5. The molecule has 1 aliphatic heterocycles. The summed E-state index contributed by atoms with van der Waals surface area (Å²) in [5, 5.41) is 0. The van der Waals surface area contributed by atoms with Gasteiger partial charge in [-0.05, 0) is 76.2 Å². The third kappa shape index (κ3) is 4.36. The number of hydrogen-bond donors (Lipinski definition) is 0. The number of imidazole rings is 2. The van der Waals surface area contributed by atoms with Gasteiger partial charge >= 0.3 is 0 Å². The first-order chi connectivity index (χ1) is 14.6. The number of carbonyl (C=O) groups is 1. The summed E-state index contributed by atoms with van der Waals surface area (Å²) < 4.78 is 4.20. The van der Waals surface area contributed by atoms with Gasteiger partial charge in [0.25, 0.3) is 0 Å². The summed E-state index contributed by atoms with van der Waals surface area (Å²) in [5.41, 5.74) is 4.08. The number of fused-ring (bicyclic) bond motifs is 2. The predicted octanol–water partition coefficient (Wildman–Crippen LogP) is 5.13. The predicted molar refractivity (Wildman–Crippen MR) is 128 cm³/mol. The molecule has 0 aromatic carbocycles. The van der Waals surface area contributed by atoms with Gasteiger partial charge in [-0.1, -0.05) is 0 Å². The molecule has 0 amide bonds. The van der Waals surface area contributed by atoms with Crippen LogP contribution in [0.25, 0.3) is 11.2 Å². The second-order valence-corrected chi connectivity index (χ2v) is 10.5. The lowest BCUT2D eigenvalue weighted by molar-refractivity contribution is 0.0995. The summed E-state index contributed by atoms with van der Waals surface area (Å²) in [7, 11) is 0. The average molecular weight is 438 g/mol. The maximum Gasteiger partial charge on any atom is 0.190 e. The molecule has 0 unspecified atom stereocenters. The molecular weight excluding hydrogens is 402 g/mol. The van der Waals surface area contributed by atoms with E-state index in [0.29, 0.717) is 12.1 Å². The van der Waals surface area contributed by atoms with E-state index in [9.17, 15) is 4.79 Å². The van der Waals surface area contributed by atoms with E-state index in [2.05, 4.69) is 71.0 Å². The molecule has 0 saturated carbocycles. The van der Waals surface area contributed by atoms with Crippen molar-refractivity contribution in [3.05, 3.63) is 28.9 Å². The maximum atomic E-state index is 11.8. The molecule has 0 aliphatic carbocycles. The largest absolute Gasteiger partial charge is 0.307 e. The van der Waals surface area contributed by atoms with E-state index < -0.39 is 0 Å². The number of aryl methyl sites for hydroxylation is 4. The summed E-state index contributed by atoms with van der Waals surface area (Å²) >= 11 is 0. The van der Waals surface area contributed by atoms with E-state index in [4.69, 9.17) is 0 Å². The number of rotatable bonds is 0. The molecule has 1 aliphatic rings. The van der Waals surface area contributed by atoms with E-state index in [1.807, 2.05) is 39.2 Å². The van der Waals surface area contributed by atoms with Crippen molar-refractivity contribution < 1.29 is 4.79 Å². The van der Waals surface area contributed by atoms with Crippen LogP contribution in [0.3, 0.4) is 0 Å². The van der Waals surface area contributed by atoms with Crippen LogP contribution in [0.2, 0.25) is 0 Å². The minimum atomic E-state index is -0.105. The number of hydrogen-bond acceptors (Lipinski definition) is 6. The normalized spacial score (nSPS) is 14.2. The van der Waals surface area contributed by atoms with Crippen LogP contribution in [0.5, 0.6) is 0 Å². The number of Topliss-reactive ketones (excluding diaryl/α,β-unsaturated/α-hetero) is 1. The van der Waals surface area contributed by atoms with Crippen LogP contribution >= 0.6 is 0 Å². The fraction of sp³-hybridized carbons (Fsp3) is 0.583. The Bertz CT molecular complexity index is 1230. The van der Waals surface area contributed by atoms with Crippen molar-refractivity contribution >= 4 is 28.5 Å². The van der Waals surface area contributed by atoms with E-state index in [-0.39, 0.29) is 16.9 Å². The van der Waals surface area contributed by atoms with Gasteiger partial charge in [-0.2, -0.15) is 0 Å². The monoisotopic (exact) mass is 437 g/mol. The number of aliphatic imine (C=N–C) groups is 1. The minimum absolute atomic E-state index is 0.00787. The zero-order chi connectivity index (χ0) is 24.2. The van der Waals surface area contributed by atoms with Crippen molar-refractivity contribution in [2.75, 3.05) is 0 Å². The Balaban J connectivity index is 0.000000181. The molecule has 3 aromatic heterocycles. The Labute approximate surface area is 190 Å². The van der Waals surface area contributed by atoms with Crippen molar-refractivity contribution in [2.45, 2.75) is 93.7 Å². The van der Waals surface area contributed by atoms with Crippen LogP contribution in [-0.2, 0) is 11.1 Å². The van der Waals surface area contributed by atoms with Crippen LogP contribution in [-0.4, -0.2) is 40.6 Å². The molecule has 0 fully saturated rings. The molecule has 0 atom stereocenters. The summed E-state index contributed by atoms with van der Waals surface area (Å²) in [6.07, 6.45) is 0.396. The lowest BCUT2D eigenvalue weighted by atomic mass is 10.1. The van der Waals surface area contributed by atoms with Crippen LogP contribution in [0, 0.1) is 27.7 Å². The molecule has 4 heterocycles. The van der Waals surface area contributed by atoms with Gasteiger partial charge < -0.3 is 9.13 Å². The Morgan fingerprint density at radius 2 is 1.31 bits per heavy atom. The van der Waals surface area contributed by atoms with Gasteiger partial charge in [0.05, 0.1) is 12.1 Å². The summed E-state index contributed by atoms with van der Waals surface area (Å²) in [6, 6.07) is 0. The second-order valence-electron chi connectivity index (χ2n) is 10.5. The van der Waals surface area contributed by atoms with Gasteiger partial charge in [0.1, 0.15) is 23.0 Å². The Kier molecular flexibility index (Phi) is 5.87. The highest BCUT2D eigenvalue weighted by atomic mass is 16.1. The lowest BCUT2D eigenvalue weighted by Crippen LogP contribution is -2.23. The van der Waals surface area contributed by atoms with Crippen molar-refractivity contribution in [1.29, 1.82) is 0 Å². The van der Waals surface area contributed by atoms with E-state index in [1.165, 1.54) is 0 Å². The molecular formula is C24H35N7O. The molecule has 8 nitrogen and oxygen atoms in total. The molecule has 172 valence electrons. The summed E-state index contributed by atoms with van der Waals surface area (Å²) in [4.78, 5) is 34.1. The standard InChI is InChI=1S/C12H18N4.C12H17N3O/c1-7-10-11(14-8(2)13-7)16(9(3)15-10)12(4,5)6;1-7-6-9(16)10-11(13-7)15(8(2)14-10)12(3,4)5/h1-6H3;6H2,1-5H3. The fourth-order valence-electron chi connectivity index (χ4n) is 4.29. The molecule has 0 N–H and O–H groups in total. The average Bonchev–Trinajstić information content (AvgIpc) is 3.11. The van der Waals surface area contributed by atoms with Gasteiger partial charge in [-0.15, -0.1) is 0 Å². The van der Waals surface area contributed by atoms with Gasteiger partial charge in [-0.25, -0.2) is 24.9 Å². The van der Waals surface area contributed by atoms with Gasteiger partial charge in [0.15, 0.2) is 22.9 Å². The van der Waals surface area contributed by atoms with Crippen molar-refractivity contribution in [3.8, 4) is 0 Å². The molecule has 0 bridgehead atoms. The topological polar surface area (TPSA) is 90.9 Å². The quantitative estimate of drug-likeness (QED) is 0.486. The number of aromatic nitrogens is 6. The van der Waals surface area contributed by atoms with Crippen LogP contribution in [0.15, 0.2) is 4.99 Å². The first kappa shape index (κ1) is 23.8. The van der Waals surface area contributed by atoms with Crippen LogP contribution in [0.1, 0.15) is 88.5 Å². The highest BCUT2D eigenvalue weighted by Gasteiger charge is 2.29.